The van der Waals surface area contributed by atoms with E-state index in [4.69, 9.17) is 5.73 Å². The maximum atomic E-state index is 6.57. The maximum Gasteiger partial charge on any atom is 0.0571 e. The van der Waals surface area contributed by atoms with Crippen molar-refractivity contribution in [1.29, 1.82) is 0 Å². The van der Waals surface area contributed by atoms with E-state index in [1.807, 2.05) is 0 Å². The van der Waals surface area contributed by atoms with E-state index in [1.165, 1.54) is 199 Å². The molecule has 0 heterocycles. The molecule has 2 N–H and O–H groups in total. The van der Waals surface area contributed by atoms with Gasteiger partial charge in [0.1, 0.15) is 0 Å². The van der Waals surface area contributed by atoms with Crippen molar-refractivity contribution in [3.8, 4) is 0 Å². The average molecular weight is 589 g/mol. The minimum Gasteiger partial charge on any atom is -0.316 e. The first-order valence-corrected chi connectivity index (χ1v) is 19.6. The van der Waals surface area contributed by atoms with E-state index in [1.54, 1.807) is 0 Å². The van der Waals surface area contributed by atoms with Crippen molar-refractivity contribution < 1.29 is 0 Å². The van der Waals surface area contributed by atoms with Gasteiger partial charge in [-0.05, 0) is 83.7 Å². The molecule has 2 nitrogen and oxygen atoms in total. The lowest BCUT2D eigenvalue weighted by atomic mass is 10.1. The van der Waals surface area contributed by atoms with Crippen LogP contribution in [0, 0.1) is 0 Å². The molecule has 0 radical (unpaired) electrons. The largest absolute Gasteiger partial charge is 0.316 e. The molecule has 0 rings (SSSR count). The Morgan fingerprint density at radius 1 is 0.381 bits per heavy atom. The van der Waals surface area contributed by atoms with Gasteiger partial charge in [0.05, 0.1) is 6.17 Å². The first-order valence-electron chi connectivity index (χ1n) is 19.6. The van der Waals surface area contributed by atoms with Gasteiger partial charge < -0.3 is 5.73 Å². The van der Waals surface area contributed by atoms with Gasteiger partial charge in [0.2, 0.25) is 0 Å². The molecule has 250 valence electrons. The van der Waals surface area contributed by atoms with Crippen molar-refractivity contribution in [1.82, 2.24) is 4.90 Å². The molecule has 42 heavy (non-hydrogen) atoms. The third-order valence-electron chi connectivity index (χ3n) is 8.97. The predicted molar refractivity (Wildman–Crippen MR) is 193 cm³/mol. The fourth-order valence-corrected chi connectivity index (χ4v) is 6.05. The number of hydrogen-bond donors (Lipinski definition) is 1. The highest BCUT2D eigenvalue weighted by molar-refractivity contribution is 4.82. The topological polar surface area (TPSA) is 29.3 Å². The molecule has 0 spiro atoms. The molecule has 0 amide bonds. The molecule has 0 saturated heterocycles. The van der Waals surface area contributed by atoms with E-state index in [2.05, 4.69) is 50.0 Å². The summed E-state index contributed by atoms with van der Waals surface area (Å²) in [6.45, 7) is 9.26. The van der Waals surface area contributed by atoms with E-state index in [-0.39, 0.29) is 6.17 Å². The van der Waals surface area contributed by atoms with Gasteiger partial charge in [-0.1, -0.05) is 167 Å². The Hall–Kier alpha value is -0.600. The fraction of sp³-hybridized carbons (Fsp3) is 0.900. The third-order valence-corrected chi connectivity index (χ3v) is 8.97. The SMILES string of the molecule is CCCCCCCCC=CCCCCCCCCN(CCCCCCCCC=CCCCCCCCC)C(N)CCC. The van der Waals surface area contributed by atoms with Crippen molar-refractivity contribution in [2.75, 3.05) is 13.1 Å². The fourth-order valence-electron chi connectivity index (χ4n) is 6.05. The normalized spacial score (nSPS) is 12.9. The summed E-state index contributed by atoms with van der Waals surface area (Å²) in [5.74, 6) is 0. The van der Waals surface area contributed by atoms with Gasteiger partial charge in [-0.3, -0.25) is 4.90 Å². The van der Waals surface area contributed by atoms with E-state index in [0.717, 1.165) is 6.42 Å². The molecule has 1 atom stereocenters. The molecule has 0 aliphatic rings. The first-order chi connectivity index (χ1) is 20.8. The zero-order chi connectivity index (χ0) is 30.6. The highest BCUT2D eigenvalue weighted by atomic mass is 15.2. The molecule has 0 aliphatic heterocycles. The van der Waals surface area contributed by atoms with Crippen molar-refractivity contribution in [3.05, 3.63) is 24.3 Å². The van der Waals surface area contributed by atoms with E-state index in [9.17, 15) is 0 Å². The molecule has 0 aromatic carbocycles. The Morgan fingerprint density at radius 3 is 0.976 bits per heavy atom. The summed E-state index contributed by atoms with van der Waals surface area (Å²) in [7, 11) is 0. The number of nitrogens with zero attached hydrogens (tertiary/aromatic N) is 1. The monoisotopic (exact) mass is 589 g/mol. The van der Waals surface area contributed by atoms with Gasteiger partial charge in [0.15, 0.2) is 0 Å². The minimum atomic E-state index is 0.265. The van der Waals surface area contributed by atoms with Crippen LogP contribution in [0.1, 0.15) is 213 Å². The molecular formula is C40H80N2. The second-order valence-corrected chi connectivity index (χ2v) is 13.3. The van der Waals surface area contributed by atoms with Crippen LogP contribution in [0.15, 0.2) is 24.3 Å². The molecule has 0 aromatic rings. The van der Waals surface area contributed by atoms with Crippen LogP contribution < -0.4 is 5.73 Å². The van der Waals surface area contributed by atoms with Gasteiger partial charge in [0.25, 0.3) is 0 Å². The smallest absolute Gasteiger partial charge is 0.0571 e. The standard InChI is InChI=1S/C40H80N2/c1-4-7-9-11-13-15-17-19-21-23-25-27-29-31-33-35-38-42(40(41)37-6-3)39-36-34-32-30-28-26-24-22-20-18-16-14-12-10-8-5-2/h19-22,40H,4-18,23-39,41H2,1-3H3. The quantitative estimate of drug-likeness (QED) is 0.0453. The van der Waals surface area contributed by atoms with Crippen molar-refractivity contribution in [2.24, 2.45) is 5.73 Å². The Kier molecular flexibility index (Phi) is 36.1. The number of unbranched alkanes of at least 4 members (excludes halogenated alkanes) is 24. The summed E-state index contributed by atoms with van der Waals surface area (Å²) in [5.41, 5.74) is 6.57. The Bertz CT molecular complexity index is 498. The van der Waals surface area contributed by atoms with Gasteiger partial charge in [-0.2, -0.15) is 0 Å². The van der Waals surface area contributed by atoms with Gasteiger partial charge in [0, 0.05) is 0 Å². The Balaban J connectivity index is 3.66. The first kappa shape index (κ1) is 41.4. The predicted octanol–water partition coefficient (Wildman–Crippen LogP) is 13.4. The lowest BCUT2D eigenvalue weighted by molar-refractivity contribution is 0.181. The van der Waals surface area contributed by atoms with Gasteiger partial charge in [-0.15, -0.1) is 0 Å². The minimum absolute atomic E-state index is 0.265. The second-order valence-electron chi connectivity index (χ2n) is 13.3. The van der Waals surface area contributed by atoms with Crippen LogP contribution in [-0.2, 0) is 0 Å². The van der Waals surface area contributed by atoms with Crippen LogP contribution in [0.3, 0.4) is 0 Å². The Labute approximate surface area is 267 Å². The van der Waals surface area contributed by atoms with Crippen LogP contribution >= 0.6 is 0 Å². The molecule has 0 aliphatic carbocycles. The number of nitrogens with two attached hydrogens (primary N) is 1. The summed E-state index contributed by atoms with van der Waals surface area (Å²) >= 11 is 0. The van der Waals surface area contributed by atoms with Crippen LogP contribution in [0.5, 0.6) is 0 Å². The van der Waals surface area contributed by atoms with Crippen LogP contribution in [0.2, 0.25) is 0 Å². The molecule has 1 unspecified atom stereocenters. The molecule has 0 bridgehead atoms. The van der Waals surface area contributed by atoms with Gasteiger partial charge >= 0.3 is 0 Å². The van der Waals surface area contributed by atoms with Gasteiger partial charge in [-0.25, -0.2) is 0 Å². The maximum absolute atomic E-state index is 6.57. The summed E-state index contributed by atoms with van der Waals surface area (Å²) < 4.78 is 0. The van der Waals surface area contributed by atoms with Crippen molar-refractivity contribution in [2.45, 2.75) is 220 Å². The summed E-state index contributed by atoms with van der Waals surface area (Å²) in [6, 6.07) is 0. The summed E-state index contributed by atoms with van der Waals surface area (Å²) in [4.78, 5) is 2.60. The van der Waals surface area contributed by atoms with Crippen LogP contribution in [0.4, 0.5) is 0 Å². The van der Waals surface area contributed by atoms with Crippen molar-refractivity contribution in [3.63, 3.8) is 0 Å². The third kappa shape index (κ3) is 32.3. The molecule has 0 fully saturated rings. The lowest BCUT2D eigenvalue weighted by Gasteiger charge is -2.29. The molecule has 2 heteroatoms. The molecular weight excluding hydrogens is 508 g/mol. The second kappa shape index (κ2) is 36.6. The van der Waals surface area contributed by atoms with Crippen LogP contribution in [-0.4, -0.2) is 24.2 Å². The van der Waals surface area contributed by atoms with Crippen LogP contribution in [0.25, 0.3) is 0 Å². The molecule has 0 saturated carbocycles. The zero-order valence-corrected chi connectivity index (χ0v) is 29.5. The van der Waals surface area contributed by atoms with E-state index < -0.39 is 0 Å². The average Bonchev–Trinajstić information content (AvgIpc) is 2.99. The summed E-state index contributed by atoms with van der Waals surface area (Å²) in [5, 5.41) is 0. The highest BCUT2D eigenvalue weighted by Gasteiger charge is 2.12. The van der Waals surface area contributed by atoms with E-state index in [0.29, 0.717) is 0 Å². The Morgan fingerprint density at radius 2 is 0.667 bits per heavy atom. The van der Waals surface area contributed by atoms with E-state index >= 15 is 0 Å². The highest BCUT2D eigenvalue weighted by Crippen LogP contribution is 2.14. The number of hydrogen-bond acceptors (Lipinski definition) is 2. The number of rotatable bonds is 35. The zero-order valence-electron chi connectivity index (χ0n) is 29.5. The lowest BCUT2D eigenvalue weighted by Crippen LogP contribution is -2.43. The number of allylic oxidation sites excluding steroid dienone is 4. The van der Waals surface area contributed by atoms with Crippen molar-refractivity contribution >= 4 is 0 Å². The summed E-state index contributed by atoms with van der Waals surface area (Å²) in [6.07, 6.45) is 50.9. The molecule has 0 aromatic heterocycles.